The third kappa shape index (κ3) is 9.39. The molecule has 0 amide bonds. The van der Waals surface area contributed by atoms with Crippen molar-refractivity contribution in [1.29, 1.82) is 0 Å². The van der Waals surface area contributed by atoms with Gasteiger partial charge in [-0.05, 0) is 63.5 Å². The Labute approximate surface area is 173 Å². The average Bonchev–Trinajstić information content (AvgIpc) is 2.61. The number of rotatable bonds is 10. The summed E-state index contributed by atoms with van der Waals surface area (Å²) in [7, 11) is 0. The van der Waals surface area contributed by atoms with E-state index in [1.807, 2.05) is 13.0 Å². The third-order valence-electron chi connectivity index (χ3n) is 5.41. The van der Waals surface area contributed by atoms with E-state index in [1.54, 1.807) is 0 Å². The van der Waals surface area contributed by atoms with Crippen molar-refractivity contribution in [2.45, 2.75) is 86.5 Å². The van der Waals surface area contributed by atoms with Crippen LogP contribution >= 0.6 is 0 Å². The van der Waals surface area contributed by atoms with Crippen LogP contribution in [0.15, 0.2) is 58.7 Å². The molecule has 0 radical (unpaired) electrons. The van der Waals surface area contributed by atoms with Gasteiger partial charge in [0.05, 0.1) is 0 Å². The van der Waals surface area contributed by atoms with Crippen molar-refractivity contribution in [3.63, 3.8) is 0 Å². The quantitative estimate of drug-likeness (QED) is 0.220. The second-order valence-corrected chi connectivity index (χ2v) is 8.62. The van der Waals surface area contributed by atoms with Gasteiger partial charge in [-0.2, -0.15) is 0 Å². The average molecular weight is 385 g/mol. The number of hydrogen-bond donors (Lipinski definition) is 0. The molecule has 0 aliphatic heterocycles. The van der Waals surface area contributed by atoms with Gasteiger partial charge in [-0.1, -0.05) is 80.7 Å². The summed E-state index contributed by atoms with van der Waals surface area (Å²) in [6.45, 7) is 13.6. The standard InChI is InChI=1S/C26H40O2/c1-7-8-9-15-25(27)28-20-18-22(3)13-10-12-21(2)16-17-24-23(4)14-11-19-26(24,5)6/h10,12-13,16-18H,7-9,11,14-15,19-20H2,1-6H3. The van der Waals surface area contributed by atoms with Crippen molar-refractivity contribution in [2.24, 2.45) is 5.41 Å². The van der Waals surface area contributed by atoms with E-state index in [0.29, 0.717) is 13.0 Å². The number of unbranched alkanes of at least 4 members (excludes halogenated alkanes) is 2. The summed E-state index contributed by atoms with van der Waals surface area (Å²) in [6.07, 6.45) is 20.1. The van der Waals surface area contributed by atoms with Crippen LogP contribution in [-0.4, -0.2) is 12.6 Å². The highest BCUT2D eigenvalue weighted by molar-refractivity contribution is 5.69. The first kappa shape index (κ1) is 24.2. The second-order valence-electron chi connectivity index (χ2n) is 8.62. The zero-order valence-electron chi connectivity index (χ0n) is 18.9. The predicted molar refractivity (Wildman–Crippen MR) is 121 cm³/mol. The molecule has 2 nitrogen and oxygen atoms in total. The van der Waals surface area contributed by atoms with Gasteiger partial charge in [0.15, 0.2) is 0 Å². The lowest BCUT2D eigenvalue weighted by Gasteiger charge is -2.32. The number of esters is 1. The normalized spacial score (nSPS) is 18.4. The zero-order valence-corrected chi connectivity index (χ0v) is 18.9. The molecule has 0 saturated carbocycles. The summed E-state index contributed by atoms with van der Waals surface area (Å²) in [5.74, 6) is -0.0995. The summed E-state index contributed by atoms with van der Waals surface area (Å²) >= 11 is 0. The van der Waals surface area contributed by atoms with Gasteiger partial charge in [0.1, 0.15) is 6.61 Å². The third-order valence-corrected chi connectivity index (χ3v) is 5.41. The Morgan fingerprint density at radius 3 is 2.57 bits per heavy atom. The van der Waals surface area contributed by atoms with E-state index < -0.39 is 0 Å². The van der Waals surface area contributed by atoms with Crippen LogP contribution in [0.1, 0.15) is 86.5 Å². The van der Waals surface area contributed by atoms with E-state index in [1.165, 1.54) is 36.0 Å². The lowest BCUT2D eigenvalue weighted by molar-refractivity contribution is -0.142. The van der Waals surface area contributed by atoms with Crippen molar-refractivity contribution in [1.82, 2.24) is 0 Å². The fourth-order valence-corrected chi connectivity index (χ4v) is 3.56. The molecule has 0 atom stereocenters. The highest BCUT2D eigenvalue weighted by Crippen LogP contribution is 2.40. The molecular formula is C26H40O2. The van der Waals surface area contributed by atoms with Gasteiger partial charge in [0, 0.05) is 6.42 Å². The van der Waals surface area contributed by atoms with Crippen LogP contribution in [0.5, 0.6) is 0 Å². The minimum absolute atomic E-state index is 0.0995. The largest absolute Gasteiger partial charge is 0.461 e. The number of carbonyl (C=O) groups is 1. The molecule has 0 bridgehead atoms. The molecule has 0 unspecified atom stereocenters. The molecule has 0 aromatic rings. The lowest BCUT2D eigenvalue weighted by Crippen LogP contribution is -2.19. The molecule has 1 aliphatic rings. The Balaban J connectivity index is 2.51. The minimum Gasteiger partial charge on any atom is -0.461 e. The summed E-state index contributed by atoms with van der Waals surface area (Å²) in [5, 5.41) is 0. The molecule has 28 heavy (non-hydrogen) atoms. The summed E-state index contributed by atoms with van der Waals surface area (Å²) in [4.78, 5) is 11.6. The molecule has 0 spiro atoms. The van der Waals surface area contributed by atoms with Gasteiger partial charge in [-0.15, -0.1) is 0 Å². The first-order valence-electron chi connectivity index (χ1n) is 10.8. The SMILES string of the molecule is CCCCCC(=O)OCC=C(C)C=CC=C(C)C=CC1=C(C)CCCC1(C)C. The molecule has 2 heteroatoms. The Hall–Kier alpha value is -1.83. The smallest absolute Gasteiger partial charge is 0.306 e. The van der Waals surface area contributed by atoms with Crippen molar-refractivity contribution in [2.75, 3.05) is 6.61 Å². The Morgan fingerprint density at radius 2 is 1.89 bits per heavy atom. The molecule has 0 saturated heterocycles. The van der Waals surface area contributed by atoms with Crippen LogP contribution in [0.3, 0.4) is 0 Å². The van der Waals surface area contributed by atoms with Gasteiger partial charge in [-0.25, -0.2) is 0 Å². The topological polar surface area (TPSA) is 26.3 Å². The molecule has 0 N–H and O–H groups in total. The van der Waals surface area contributed by atoms with E-state index in [2.05, 4.69) is 65.0 Å². The predicted octanol–water partition coefficient (Wildman–Crippen LogP) is 7.64. The van der Waals surface area contributed by atoms with E-state index in [9.17, 15) is 4.79 Å². The molecular weight excluding hydrogens is 344 g/mol. The van der Waals surface area contributed by atoms with Crippen LogP contribution in [0.2, 0.25) is 0 Å². The summed E-state index contributed by atoms with van der Waals surface area (Å²) in [6, 6.07) is 0. The van der Waals surface area contributed by atoms with E-state index in [-0.39, 0.29) is 11.4 Å². The van der Waals surface area contributed by atoms with Crippen molar-refractivity contribution >= 4 is 5.97 Å². The van der Waals surface area contributed by atoms with E-state index in [4.69, 9.17) is 4.74 Å². The molecule has 0 heterocycles. The summed E-state index contributed by atoms with van der Waals surface area (Å²) < 4.78 is 5.24. The van der Waals surface area contributed by atoms with Crippen LogP contribution in [0.4, 0.5) is 0 Å². The number of ether oxygens (including phenoxy) is 1. The first-order chi connectivity index (χ1) is 13.3. The molecule has 0 fully saturated rings. The van der Waals surface area contributed by atoms with Gasteiger partial charge >= 0.3 is 5.97 Å². The van der Waals surface area contributed by atoms with Crippen molar-refractivity contribution < 1.29 is 9.53 Å². The molecule has 1 rings (SSSR count). The first-order valence-corrected chi connectivity index (χ1v) is 10.8. The highest BCUT2D eigenvalue weighted by Gasteiger charge is 2.26. The molecule has 0 aromatic carbocycles. The number of allylic oxidation sites excluding steroid dienone is 9. The fraction of sp³-hybridized carbons (Fsp3) is 0.577. The minimum atomic E-state index is -0.0995. The van der Waals surface area contributed by atoms with Crippen molar-refractivity contribution in [3.05, 3.63) is 58.7 Å². The van der Waals surface area contributed by atoms with Crippen LogP contribution < -0.4 is 0 Å². The number of carbonyl (C=O) groups excluding carboxylic acids is 1. The second kappa shape index (κ2) is 12.6. The van der Waals surface area contributed by atoms with E-state index >= 15 is 0 Å². The van der Waals surface area contributed by atoms with Crippen LogP contribution in [-0.2, 0) is 9.53 Å². The van der Waals surface area contributed by atoms with Crippen LogP contribution in [0, 0.1) is 5.41 Å². The zero-order chi connectivity index (χ0) is 21.0. The molecule has 156 valence electrons. The summed E-state index contributed by atoms with van der Waals surface area (Å²) in [5.41, 5.74) is 5.63. The van der Waals surface area contributed by atoms with Crippen LogP contribution in [0.25, 0.3) is 0 Å². The maximum atomic E-state index is 11.6. The fourth-order valence-electron chi connectivity index (χ4n) is 3.56. The Kier molecular flexibility index (Phi) is 10.9. The van der Waals surface area contributed by atoms with Gasteiger partial charge in [0.25, 0.3) is 0 Å². The molecule has 0 aromatic heterocycles. The molecule has 1 aliphatic carbocycles. The van der Waals surface area contributed by atoms with Gasteiger partial charge in [-0.3, -0.25) is 4.79 Å². The monoisotopic (exact) mass is 384 g/mol. The van der Waals surface area contributed by atoms with Gasteiger partial charge < -0.3 is 4.74 Å². The maximum Gasteiger partial charge on any atom is 0.306 e. The highest BCUT2D eigenvalue weighted by atomic mass is 16.5. The van der Waals surface area contributed by atoms with E-state index in [0.717, 1.165) is 24.8 Å². The van der Waals surface area contributed by atoms with Crippen molar-refractivity contribution in [3.8, 4) is 0 Å². The van der Waals surface area contributed by atoms with Gasteiger partial charge in [0.2, 0.25) is 0 Å². The number of hydrogen-bond acceptors (Lipinski definition) is 2. The Morgan fingerprint density at radius 1 is 1.14 bits per heavy atom. The Bertz CT molecular complexity index is 654. The lowest BCUT2D eigenvalue weighted by atomic mass is 9.72. The maximum absolute atomic E-state index is 11.6.